The molecule has 15 heavy (non-hydrogen) atoms. The Balaban J connectivity index is 2.32. The fourth-order valence-electron chi connectivity index (χ4n) is 2.18. The van der Waals surface area contributed by atoms with Gasteiger partial charge in [-0.3, -0.25) is 0 Å². The van der Waals surface area contributed by atoms with E-state index in [4.69, 9.17) is 4.74 Å². The number of nitrogens with zero attached hydrogens (tertiary/aromatic N) is 2. The molecule has 0 saturated heterocycles. The standard InChI is InChI=1S/C11H19N3O/c1-11(2,7-15-3)14-8-13-9-6-12-5-4-10(9)14/h8,12H,4-7H2,1-3H3. The number of aromatic nitrogens is 2. The van der Waals surface area contributed by atoms with E-state index in [0.717, 1.165) is 19.5 Å². The molecule has 0 atom stereocenters. The van der Waals surface area contributed by atoms with E-state index in [1.54, 1.807) is 7.11 Å². The van der Waals surface area contributed by atoms with E-state index < -0.39 is 0 Å². The van der Waals surface area contributed by atoms with Crippen molar-refractivity contribution in [3.05, 3.63) is 17.7 Å². The first-order valence-electron chi connectivity index (χ1n) is 5.40. The normalized spacial score (nSPS) is 16.5. The molecule has 84 valence electrons. The topological polar surface area (TPSA) is 39.1 Å². The highest BCUT2D eigenvalue weighted by molar-refractivity contribution is 5.18. The van der Waals surface area contributed by atoms with Crippen molar-refractivity contribution < 1.29 is 4.74 Å². The van der Waals surface area contributed by atoms with Gasteiger partial charge >= 0.3 is 0 Å². The first-order valence-corrected chi connectivity index (χ1v) is 5.40. The molecule has 0 radical (unpaired) electrons. The van der Waals surface area contributed by atoms with Crippen LogP contribution in [0, 0.1) is 0 Å². The molecule has 0 bridgehead atoms. The van der Waals surface area contributed by atoms with Crippen LogP contribution < -0.4 is 5.32 Å². The third-order valence-electron chi connectivity index (χ3n) is 2.93. The summed E-state index contributed by atoms with van der Waals surface area (Å²) in [6.07, 6.45) is 3.00. The molecule has 0 aliphatic carbocycles. The minimum absolute atomic E-state index is 0.00727. The van der Waals surface area contributed by atoms with Gasteiger partial charge in [0, 0.05) is 32.3 Å². The van der Waals surface area contributed by atoms with Crippen LogP contribution in [0.5, 0.6) is 0 Å². The molecule has 0 saturated carbocycles. The lowest BCUT2D eigenvalue weighted by Gasteiger charge is -2.29. The Bertz CT molecular complexity index is 344. The van der Waals surface area contributed by atoms with Crippen LogP contribution in [0.15, 0.2) is 6.33 Å². The molecule has 1 aromatic rings. The summed E-state index contributed by atoms with van der Waals surface area (Å²) in [6, 6.07) is 0. The van der Waals surface area contributed by atoms with E-state index in [0.29, 0.717) is 6.61 Å². The Morgan fingerprint density at radius 2 is 2.40 bits per heavy atom. The highest BCUT2D eigenvalue weighted by Crippen LogP contribution is 2.22. The summed E-state index contributed by atoms with van der Waals surface area (Å²) in [5.41, 5.74) is 2.54. The molecule has 1 aliphatic heterocycles. The van der Waals surface area contributed by atoms with Crippen molar-refractivity contribution >= 4 is 0 Å². The first-order chi connectivity index (χ1) is 7.15. The van der Waals surface area contributed by atoms with Gasteiger partial charge in [0.1, 0.15) is 0 Å². The monoisotopic (exact) mass is 209 g/mol. The lowest BCUT2D eigenvalue weighted by Crippen LogP contribution is -2.34. The lowest BCUT2D eigenvalue weighted by atomic mass is 10.0. The zero-order valence-electron chi connectivity index (χ0n) is 9.71. The second-order valence-electron chi connectivity index (χ2n) is 4.68. The molecule has 2 rings (SSSR count). The second-order valence-corrected chi connectivity index (χ2v) is 4.68. The maximum absolute atomic E-state index is 5.26. The average Bonchev–Trinajstić information content (AvgIpc) is 2.61. The van der Waals surface area contributed by atoms with Gasteiger partial charge in [-0.1, -0.05) is 0 Å². The minimum Gasteiger partial charge on any atom is -0.382 e. The van der Waals surface area contributed by atoms with Crippen LogP contribution >= 0.6 is 0 Å². The van der Waals surface area contributed by atoms with Gasteiger partial charge in [0.25, 0.3) is 0 Å². The molecule has 0 unspecified atom stereocenters. The third kappa shape index (κ3) is 1.92. The smallest absolute Gasteiger partial charge is 0.0958 e. The summed E-state index contributed by atoms with van der Waals surface area (Å²) >= 11 is 0. The Labute approximate surface area is 90.6 Å². The van der Waals surface area contributed by atoms with Gasteiger partial charge in [-0.05, 0) is 13.8 Å². The molecule has 0 aromatic carbocycles. The Hall–Kier alpha value is -0.870. The Kier molecular flexibility index (Phi) is 2.80. The van der Waals surface area contributed by atoms with Crippen molar-refractivity contribution in [2.75, 3.05) is 20.3 Å². The summed E-state index contributed by atoms with van der Waals surface area (Å²) in [5.74, 6) is 0. The molecule has 1 aromatic heterocycles. The number of methoxy groups -OCH3 is 1. The second kappa shape index (κ2) is 3.94. The third-order valence-corrected chi connectivity index (χ3v) is 2.93. The largest absolute Gasteiger partial charge is 0.382 e. The van der Waals surface area contributed by atoms with Crippen molar-refractivity contribution in [2.24, 2.45) is 0 Å². The first kappa shape index (κ1) is 10.6. The van der Waals surface area contributed by atoms with E-state index in [1.807, 2.05) is 6.33 Å². The van der Waals surface area contributed by atoms with Crippen LogP contribution in [0.1, 0.15) is 25.2 Å². The van der Waals surface area contributed by atoms with Crippen LogP contribution in [0.3, 0.4) is 0 Å². The molecule has 0 amide bonds. The van der Waals surface area contributed by atoms with Crippen LogP contribution in [0.2, 0.25) is 0 Å². The van der Waals surface area contributed by atoms with E-state index in [9.17, 15) is 0 Å². The fraction of sp³-hybridized carbons (Fsp3) is 0.727. The fourth-order valence-corrected chi connectivity index (χ4v) is 2.18. The van der Waals surface area contributed by atoms with E-state index >= 15 is 0 Å². The van der Waals surface area contributed by atoms with Gasteiger partial charge in [-0.25, -0.2) is 4.98 Å². The Morgan fingerprint density at radius 3 is 3.13 bits per heavy atom. The van der Waals surface area contributed by atoms with Crippen LogP contribution in [-0.2, 0) is 23.2 Å². The summed E-state index contributed by atoms with van der Waals surface area (Å²) in [5, 5.41) is 3.33. The van der Waals surface area contributed by atoms with Crippen LogP contribution in [0.4, 0.5) is 0 Å². The minimum atomic E-state index is -0.00727. The zero-order valence-corrected chi connectivity index (χ0v) is 9.71. The van der Waals surface area contributed by atoms with Crippen molar-refractivity contribution in [3.63, 3.8) is 0 Å². The number of fused-ring (bicyclic) bond motifs is 1. The van der Waals surface area contributed by atoms with Crippen molar-refractivity contribution in [1.29, 1.82) is 0 Å². The van der Waals surface area contributed by atoms with Gasteiger partial charge in [0.2, 0.25) is 0 Å². The van der Waals surface area contributed by atoms with E-state index in [2.05, 4.69) is 28.7 Å². The van der Waals surface area contributed by atoms with Gasteiger partial charge in [0.15, 0.2) is 0 Å². The highest BCUT2D eigenvalue weighted by atomic mass is 16.5. The lowest BCUT2D eigenvalue weighted by molar-refractivity contribution is 0.107. The van der Waals surface area contributed by atoms with Gasteiger partial charge in [-0.2, -0.15) is 0 Å². The number of rotatable bonds is 3. The predicted octanol–water partition coefficient (Wildman–Crippen LogP) is 0.910. The maximum atomic E-state index is 5.26. The van der Waals surface area contributed by atoms with E-state index in [-0.39, 0.29) is 5.54 Å². The summed E-state index contributed by atoms with van der Waals surface area (Å²) < 4.78 is 7.51. The molecule has 4 heteroatoms. The number of hydrogen-bond acceptors (Lipinski definition) is 3. The number of imidazole rings is 1. The Morgan fingerprint density at radius 1 is 1.60 bits per heavy atom. The molecule has 1 N–H and O–H groups in total. The molecular formula is C11H19N3O. The molecule has 0 spiro atoms. The molecule has 1 aliphatic rings. The predicted molar refractivity (Wildman–Crippen MR) is 58.8 cm³/mol. The van der Waals surface area contributed by atoms with Gasteiger partial charge in [0.05, 0.1) is 24.2 Å². The van der Waals surface area contributed by atoms with Gasteiger partial charge in [-0.15, -0.1) is 0 Å². The molecule has 4 nitrogen and oxygen atoms in total. The summed E-state index contributed by atoms with van der Waals surface area (Å²) in [6.45, 7) is 7.01. The van der Waals surface area contributed by atoms with Crippen molar-refractivity contribution in [1.82, 2.24) is 14.9 Å². The highest BCUT2D eigenvalue weighted by Gasteiger charge is 2.25. The zero-order chi connectivity index (χ0) is 10.9. The molecule has 0 fully saturated rings. The molecular weight excluding hydrogens is 190 g/mol. The number of ether oxygens (including phenoxy) is 1. The van der Waals surface area contributed by atoms with E-state index in [1.165, 1.54) is 11.4 Å². The number of nitrogens with one attached hydrogen (secondary N) is 1. The van der Waals surface area contributed by atoms with Crippen molar-refractivity contribution in [3.8, 4) is 0 Å². The van der Waals surface area contributed by atoms with Crippen LogP contribution in [0.25, 0.3) is 0 Å². The molecule has 2 heterocycles. The summed E-state index contributed by atoms with van der Waals surface area (Å²) in [7, 11) is 1.74. The SMILES string of the molecule is COCC(C)(C)n1cnc2c1CCNC2. The summed E-state index contributed by atoms with van der Waals surface area (Å²) in [4.78, 5) is 4.45. The van der Waals surface area contributed by atoms with Crippen molar-refractivity contribution in [2.45, 2.75) is 32.4 Å². The maximum Gasteiger partial charge on any atom is 0.0958 e. The quantitative estimate of drug-likeness (QED) is 0.804. The van der Waals surface area contributed by atoms with Gasteiger partial charge < -0.3 is 14.6 Å². The average molecular weight is 209 g/mol. The number of hydrogen-bond donors (Lipinski definition) is 1. The van der Waals surface area contributed by atoms with Crippen LogP contribution in [-0.4, -0.2) is 29.8 Å².